The molecule has 41 heavy (non-hydrogen) atoms. The largest absolute Gasteiger partial charge is 3.00 e. The molecule has 3 aromatic carbocycles. The Morgan fingerprint density at radius 1 is 0.756 bits per heavy atom. The molecule has 0 amide bonds. The van der Waals surface area contributed by atoms with E-state index in [-0.39, 0.29) is 31.5 Å². The molecular weight excluding hydrogens is 697 g/mol. The molecule has 8 heteroatoms. The average molecular weight is 721 g/mol. The van der Waals surface area contributed by atoms with Crippen LogP contribution in [0.5, 0.6) is 0 Å². The predicted octanol–water partition coefficient (Wildman–Crippen LogP) is 6.92. The van der Waals surface area contributed by atoms with Gasteiger partial charge >= 0.3 is 20.1 Å². The molecule has 0 atom stereocenters. The maximum Gasteiger partial charge on any atom is 3.00 e. The summed E-state index contributed by atoms with van der Waals surface area (Å²) in [5, 5.41) is 8.21. The van der Waals surface area contributed by atoms with Crippen LogP contribution in [0, 0.1) is 50.0 Å². The Kier molecular flexibility index (Phi) is 11.4. The van der Waals surface area contributed by atoms with Gasteiger partial charge in [0.2, 0.25) is 0 Å². The molecule has 0 aliphatic rings. The van der Waals surface area contributed by atoms with Gasteiger partial charge in [-0.3, -0.25) is 24.1 Å². The number of hydrogen-bond acceptors (Lipinski definition) is 3. The van der Waals surface area contributed by atoms with Crippen molar-refractivity contribution in [1.29, 1.82) is 0 Å². The van der Waals surface area contributed by atoms with E-state index < -0.39 is 11.6 Å². The van der Waals surface area contributed by atoms with Crippen LogP contribution >= 0.6 is 0 Å². The van der Waals surface area contributed by atoms with Gasteiger partial charge in [0.15, 0.2) is 0 Å². The molecule has 0 aliphatic carbocycles. The summed E-state index contributed by atoms with van der Waals surface area (Å²) in [6.45, 7) is 3.57. The van der Waals surface area contributed by atoms with Crippen molar-refractivity contribution >= 4 is 0 Å². The van der Waals surface area contributed by atoms with Crippen molar-refractivity contribution in [3.05, 3.63) is 157 Å². The summed E-state index contributed by atoms with van der Waals surface area (Å²) >= 11 is 0. The summed E-state index contributed by atoms with van der Waals surface area (Å²) in [6, 6.07) is 33.2. The van der Waals surface area contributed by atoms with E-state index >= 15 is 0 Å². The van der Waals surface area contributed by atoms with E-state index in [0.29, 0.717) is 0 Å². The van der Waals surface area contributed by atoms with Gasteiger partial charge in [-0.05, 0) is 49.1 Å². The van der Waals surface area contributed by atoms with Gasteiger partial charge in [-0.2, -0.15) is 10.2 Å². The standard InChI is InChI=1S/C14H11F2N4.C11H8N.C8H5.Ir/c1-9-3-5-19(17-9)13-8-14(12(16)7-11(13)15)20-6-4-10(2)18-20;1-2-6-10(7-3-1)11-8-4-5-9-12-11;1-2-8-6-4-3-5-7-8;/h3-7H,1-2H3;1-6,8-9H;3-7H;/q3*-1;+3. The average Bonchev–Trinajstić information content (AvgIpc) is 3.63. The number of aromatic nitrogens is 5. The first-order chi connectivity index (χ1) is 19.4. The van der Waals surface area contributed by atoms with Crippen molar-refractivity contribution in [3.8, 4) is 28.6 Å². The third kappa shape index (κ3) is 8.64. The number of benzene rings is 3. The van der Waals surface area contributed by atoms with Crippen LogP contribution in [0.25, 0.3) is 22.6 Å². The van der Waals surface area contributed by atoms with Crippen molar-refractivity contribution in [2.45, 2.75) is 13.8 Å². The maximum absolute atomic E-state index is 13.9. The molecule has 0 N–H and O–H groups in total. The van der Waals surface area contributed by atoms with E-state index in [9.17, 15) is 8.78 Å². The predicted molar refractivity (Wildman–Crippen MR) is 150 cm³/mol. The summed E-state index contributed by atoms with van der Waals surface area (Å²) in [7, 11) is 0. The van der Waals surface area contributed by atoms with E-state index in [1.807, 2.05) is 72.8 Å². The number of aryl methyl sites for hydroxylation is 2. The second-order valence-electron chi connectivity index (χ2n) is 8.45. The van der Waals surface area contributed by atoms with E-state index in [1.54, 1.807) is 44.6 Å². The van der Waals surface area contributed by atoms with E-state index in [0.717, 1.165) is 34.3 Å². The molecular formula is C33H24F2IrN5. The quantitative estimate of drug-likeness (QED) is 0.147. The molecule has 0 radical (unpaired) electrons. The summed E-state index contributed by atoms with van der Waals surface area (Å²) in [5.41, 5.74) is 4.42. The Balaban J connectivity index is 0.000000187. The summed E-state index contributed by atoms with van der Waals surface area (Å²) < 4.78 is 30.4. The minimum Gasteiger partial charge on any atom is -0.366 e. The fourth-order valence-electron chi connectivity index (χ4n) is 3.49. The van der Waals surface area contributed by atoms with Crippen LogP contribution in [-0.2, 0) is 20.1 Å². The first-order valence-corrected chi connectivity index (χ1v) is 12.3. The van der Waals surface area contributed by atoms with Gasteiger partial charge in [-0.1, -0.05) is 36.4 Å². The van der Waals surface area contributed by atoms with Crippen molar-refractivity contribution in [1.82, 2.24) is 24.5 Å². The SMILES string of the molecule is Cc1ccn(-c2[c-]c(-n3ccc(C)n3)c(F)cc2F)n1.[C-]#Cc1ccccc1.[Ir+3].[c-]1ccccc1-c1ccccn1. The number of hydrogen-bond donors (Lipinski definition) is 0. The molecule has 3 aromatic heterocycles. The number of pyridine rings is 1. The molecule has 0 fully saturated rings. The second-order valence-corrected chi connectivity index (χ2v) is 8.45. The molecule has 204 valence electrons. The Hall–Kier alpha value is -4.70. The first kappa shape index (κ1) is 30.8. The van der Waals surface area contributed by atoms with Crippen molar-refractivity contribution in [2.75, 3.05) is 0 Å². The van der Waals surface area contributed by atoms with Crippen molar-refractivity contribution in [2.24, 2.45) is 0 Å². The van der Waals surface area contributed by atoms with Gasteiger partial charge in [0.25, 0.3) is 0 Å². The maximum atomic E-state index is 13.9. The summed E-state index contributed by atoms with van der Waals surface area (Å²) in [5.74, 6) is 0.829. The minimum atomic E-state index is -0.724. The molecule has 6 aromatic rings. The second kappa shape index (κ2) is 15.2. The van der Waals surface area contributed by atoms with E-state index in [4.69, 9.17) is 6.42 Å². The molecule has 0 unspecified atom stereocenters. The Bertz CT molecular complexity index is 1590. The minimum absolute atomic E-state index is 0. The van der Waals surface area contributed by atoms with Crippen LogP contribution in [-0.4, -0.2) is 24.5 Å². The van der Waals surface area contributed by atoms with Gasteiger partial charge in [-0.15, -0.1) is 59.7 Å². The zero-order valence-electron chi connectivity index (χ0n) is 22.2. The first-order valence-electron chi connectivity index (χ1n) is 12.3. The third-order valence-corrected chi connectivity index (χ3v) is 5.41. The summed E-state index contributed by atoms with van der Waals surface area (Å²) in [4.78, 5) is 4.22. The smallest absolute Gasteiger partial charge is 0.366 e. The molecule has 6 rings (SSSR count). The van der Waals surface area contributed by atoms with Crippen LogP contribution in [0.3, 0.4) is 0 Å². The van der Waals surface area contributed by atoms with Crippen LogP contribution in [0.15, 0.2) is 110 Å². The van der Waals surface area contributed by atoms with E-state index in [2.05, 4.69) is 33.2 Å². The Labute approximate surface area is 251 Å². The van der Waals surface area contributed by atoms with Gasteiger partial charge < -0.3 is 11.4 Å². The van der Waals surface area contributed by atoms with Crippen LogP contribution in [0.1, 0.15) is 17.0 Å². The molecule has 0 spiro atoms. The zero-order chi connectivity index (χ0) is 28.3. The molecule has 0 saturated carbocycles. The van der Waals surface area contributed by atoms with Gasteiger partial charge in [0, 0.05) is 30.2 Å². The Morgan fingerprint density at radius 2 is 1.34 bits per heavy atom. The van der Waals surface area contributed by atoms with Gasteiger partial charge in [0.1, 0.15) is 0 Å². The number of halogens is 2. The van der Waals surface area contributed by atoms with Crippen LogP contribution in [0.2, 0.25) is 0 Å². The normalized spacial score (nSPS) is 9.73. The fourth-order valence-corrected chi connectivity index (χ4v) is 3.49. The van der Waals surface area contributed by atoms with Crippen molar-refractivity contribution in [3.63, 3.8) is 0 Å². The van der Waals surface area contributed by atoms with Gasteiger partial charge in [-0.25, -0.2) is 0 Å². The Morgan fingerprint density at radius 3 is 1.78 bits per heavy atom. The topological polar surface area (TPSA) is 48.5 Å². The molecule has 3 heterocycles. The van der Waals surface area contributed by atoms with Gasteiger partial charge in [0.05, 0.1) is 11.4 Å². The number of rotatable bonds is 3. The van der Waals surface area contributed by atoms with Crippen LogP contribution < -0.4 is 0 Å². The molecule has 5 nitrogen and oxygen atoms in total. The zero-order valence-corrected chi connectivity index (χ0v) is 24.6. The van der Waals surface area contributed by atoms with Crippen molar-refractivity contribution < 1.29 is 28.9 Å². The monoisotopic (exact) mass is 721 g/mol. The molecule has 0 saturated heterocycles. The molecule has 0 aliphatic heterocycles. The fraction of sp³-hybridized carbons (Fsp3) is 0.0606. The van der Waals surface area contributed by atoms with Crippen LogP contribution in [0.4, 0.5) is 8.78 Å². The molecule has 0 bridgehead atoms. The third-order valence-electron chi connectivity index (χ3n) is 5.41. The number of nitrogens with zero attached hydrogens (tertiary/aromatic N) is 5. The van der Waals surface area contributed by atoms with E-state index in [1.165, 1.54) is 9.36 Å². The summed E-state index contributed by atoms with van der Waals surface area (Å²) in [6.07, 6.45) is 11.7.